The molecule has 0 bridgehead atoms. The van der Waals surface area contributed by atoms with Gasteiger partial charge in [0.15, 0.2) is 0 Å². The third-order valence-corrected chi connectivity index (χ3v) is 4.77. The van der Waals surface area contributed by atoms with Gasteiger partial charge in [-0.1, -0.05) is 35.4 Å². The number of nitrogens with zero attached hydrogens (tertiary/aromatic N) is 1. The second kappa shape index (κ2) is 7.14. The molecule has 23 heavy (non-hydrogen) atoms. The van der Waals surface area contributed by atoms with E-state index < -0.39 is 0 Å². The van der Waals surface area contributed by atoms with Crippen molar-refractivity contribution in [2.45, 2.75) is 38.6 Å². The Bertz CT molecular complexity index is 700. The molecule has 0 radical (unpaired) electrons. The molecular formula is C19H20ClFN2. The van der Waals surface area contributed by atoms with E-state index in [1.807, 2.05) is 25.1 Å². The number of hydrogen-bond donors (Lipinski definition) is 1. The third-order valence-electron chi connectivity index (χ3n) is 4.29. The minimum atomic E-state index is -0.190. The van der Waals surface area contributed by atoms with Crippen LogP contribution in [0.25, 0.3) is 6.08 Å². The number of benzene rings is 1. The summed E-state index contributed by atoms with van der Waals surface area (Å²) in [7, 11) is 0. The number of halogens is 2. The summed E-state index contributed by atoms with van der Waals surface area (Å²) in [4.78, 5) is 4.19. The monoisotopic (exact) mass is 330 g/mol. The second-order valence-corrected chi connectivity index (χ2v) is 6.41. The largest absolute Gasteiger partial charge is 0.381 e. The highest BCUT2D eigenvalue weighted by Crippen LogP contribution is 2.30. The zero-order valence-electron chi connectivity index (χ0n) is 13.2. The first-order valence-corrected chi connectivity index (χ1v) is 8.32. The van der Waals surface area contributed by atoms with Crippen LogP contribution >= 0.6 is 11.6 Å². The van der Waals surface area contributed by atoms with Crippen molar-refractivity contribution in [3.63, 3.8) is 0 Å². The summed E-state index contributed by atoms with van der Waals surface area (Å²) in [6.45, 7) is 1.91. The summed E-state index contributed by atoms with van der Waals surface area (Å²) in [5.41, 5.74) is 4.31. The quantitative estimate of drug-likeness (QED) is 0.790. The van der Waals surface area contributed by atoms with E-state index in [2.05, 4.69) is 16.4 Å². The van der Waals surface area contributed by atoms with Gasteiger partial charge in [-0.15, -0.1) is 0 Å². The summed E-state index contributed by atoms with van der Waals surface area (Å²) in [6, 6.07) is 9.03. The molecule has 0 aliphatic heterocycles. The lowest BCUT2D eigenvalue weighted by atomic mass is 9.89. The number of pyridine rings is 1. The van der Waals surface area contributed by atoms with Gasteiger partial charge in [0.1, 0.15) is 5.82 Å². The molecule has 0 atom stereocenters. The molecule has 1 aliphatic carbocycles. The Morgan fingerprint density at radius 2 is 1.87 bits per heavy atom. The predicted molar refractivity (Wildman–Crippen MR) is 94.2 cm³/mol. The number of hydrogen-bond acceptors (Lipinski definition) is 2. The molecule has 3 rings (SSSR count). The van der Waals surface area contributed by atoms with Crippen LogP contribution in [0.1, 0.15) is 36.9 Å². The van der Waals surface area contributed by atoms with Gasteiger partial charge in [-0.2, -0.15) is 0 Å². The first kappa shape index (κ1) is 16.0. The molecule has 0 saturated heterocycles. The van der Waals surface area contributed by atoms with E-state index in [0.29, 0.717) is 11.1 Å². The molecular weight excluding hydrogens is 311 g/mol. The Hall–Kier alpha value is -1.87. The highest BCUT2D eigenvalue weighted by molar-refractivity contribution is 6.33. The van der Waals surface area contributed by atoms with E-state index >= 15 is 0 Å². The van der Waals surface area contributed by atoms with Gasteiger partial charge in [0, 0.05) is 12.2 Å². The minimum absolute atomic E-state index is 0.190. The van der Waals surface area contributed by atoms with E-state index in [4.69, 9.17) is 11.6 Å². The fraction of sp³-hybridized carbons (Fsp3) is 0.316. The lowest BCUT2D eigenvalue weighted by molar-refractivity contribution is 0.542. The second-order valence-electron chi connectivity index (χ2n) is 6.03. The van der Waals surface area contributed by atoms with Gasteiger partial charge in [0.05, 0.1) is 16.4 Å². The molecule has 1 heterocycles. The highest BCUT2D eigenvalue weighted by Gasteiger charge is 2.17. The van der Waals surface area contributed by atoms with Crippen molar-refractivity contribution in [1.29, 1.82) is 0 Å². The topological polar surface area (TPSA) is 24.9 Å². The molecule has 1 aromatic carbocycles. The van der Waals surface area contributed by atoms with Crippen LogP contribution in [0.4, 0.5) is 10.1 Å². The van der Waals surface area contributed by atoms with Gasteiger partial charge in [-0.3, -0.25) is 4.98 Å². The lowest BCUT2D eigenvalue weighted by Gasteiger charge is -2.26. The van der Waals surface area contributed by atoms with Crippen LogP contribution in [-0.2, 0) is 0 Å². The van der Waals surface area contributed by atoms with Crippen molar-refractivity contribution in [3.8, 4) is 0 Å². The van der Waals surface area contributed by atoms with Gasteiger partial charge in [-0.05, 0) is 56.4 Å². The van der Waals surface area contributed by atoms with Crippen molar-refractivity contribution in [3.05, 3.63) is 64.2 Å². The van der Waals surface area contributed by atoms with E-state index in [0.717, 1.165) is 42.6 Å². The Labute approximate surface area is 141 Å². The van der Waals surface area contributed by atoms with Crippen molar-refractivity contribution in [2.75, 3.05) is 5.32 Å². The highest BCUT2D eigenvalue weighted by atomic mass is 35.5. The Morgan fingerprint density at radius 1 is 1.17 bits per heavy atom. The fourth-order valence-corrected chi connectivity index (χ4v) is 3.12. The zero-order chi connectivity index (χ0) is 16.2. The number of nitrogens with one attached hydrogen (secondary N) is 1. The average Bonchev–Trinajstić information content (AvgIpc) is 2.56. The molecule has 1 saturated carbocycles. The van der Waals surface area contributed by atoms with Gasteiger partial charge in [0.25, 0.3) is 0 Å². The standard InChI is InChI=1S/C19H20ClFN2/c1-13-19(20)18(10-11-22-13)23-17-8-4-15(5-9-17)12-14-2-6-16(21)7-3-14/h2-3,6-7,10-12,17H,4-5,8-9H2,1H3,(H,22,23). The van der Waals surface area contributed by atoms with Gasteiger partial charge < -0.3 is 5.32 Å². The first-order chi connectivity index (χ1) is 11.1. The number of anilines is 1. The van der Waals surface area contributed by atoms with Crippen molar-refractivity contribution in [2.24, 2.45) is 0 Å². The van der Waals surface area contributed by atoms with Crippen LogP contribution in [0.2, 0.25) is 5.02 Å². The molecule has 0 amide bonds. The summed E-state index contributed by atoms with van der Waals surface area (Å²) in [5, 5.41) is 4.24. The van der Waals surface area contributed by atoms with Crippen LogP contribution in [0.15, 0.2) is 42.1 Å². The van der Waals surface area contributed by atoms with Crippen molar-refractivity contribution >= 4 is 23.4 Å². The number of rotatable bonds is 3. The maximum Gasteiger partial charge on any atom is 0.123 e. The third kappa shape index (κ3) is 4.11. The molecule has 4 heteroatoms. The summed E-state index contributed by atoms with van der Waals surface area (Å²) >= 11 is 6.29. The fourth-order valence-electron chi connectivity index (χ4n) is 2.95. The molecule has 0 spiro atoms. The predicted octanol–water partition coefficient (Wildman–Crippen LogP) is 5.62. The van der Waals surface area contributed by atoms with E-state index in [1.54, 1.807) is 6.20 Å². The zero-order valence-corrected chi connectivity index (χ0v) is 13.9. The van der Waals surface area contributed by atoms with Crippen molar-refractivity contribution < 1.29 is 4.39 Å². The average molecular weight is 331 g/mol. The summed E-state index contributed by atoms with van der Waals surface area (Å²) in [5.74, 6) is -0.190. The van der Waals surface area contributed by atoms with Gasteiger partial charge in [-0.25, -0.2) is 4.39 Å². The Morgan fingerprint density at radius 3 is 2.57 bits per heavy atom. The van der Waals surface area contributed by atoms with Crippen LogP contribution in [0.3, 0.4) is 0 Å². The minimum Gasteiger partial charge on any atom is -0.381 e. The maximum atomic E-state index is 12.9. The van der Waals surface area contributed by atoms with Crippen LogP contribution in [0, 0.1) is 12.7 Å². The van der Waals surface area contributed by atoms with Crippen molar-refractivity contribution in [1.82, 2.24) is 4.98 Å². The maximum absolute atomic E-state index is 12.9. The summed E-state index contributed by atoms with van der Waals surface area (Å²) < 4.78 is 12.9. The van der Waals surface area contributed by atoms with Crippen LogP contribution in [-0.4, -0.2) is 11.0 Å². The lowest BCUT2D eigenvalue weighted by Crippen LogP contribution is -2.23. The SMILES string of the molecule is Cc1nccc(NC2CCC(=Cc3ccc(F)cc3)CC2)c1Cl. The molecule has 2 aromatic rings. The molecule has 1 aliphatic rings. The molecule has 2 nitrogen and oxygen atoms in total. The van der Waals surface area contributed by atoms with Gasteiger partial charge >= 0.3 is 0 Å². The van der Waals surface area contributed by atoms with E-state index in [9.17, 15) is 4.39 Å². The Kier molecular flexibility index (Phi) is 4.97. The number of aryl methyl sites for hydroxylation is 1. The van der Waals surface area contributed by atoms with Gasteiger partial charge in [0.2, 0.25) is 0 Å². The molecule has 1 N–H and O–H groups in total. The smallest absolute Gasteiger partial charge is 0.123 e. The first-order valence-electron chi connectivity index (χ1n) is 7.94. The van der Waals surface area contributed by atoms with Crippen LogP contribution in [0.5, 0.6) is 0 Å². The summed E-state index contributed by atoms with van der Waals surface area (Å²) in [6.07, 6.45) is 8.22. The molecule has 1 fully saturated rings. The van der Waals surface area contributed by atoms with Crippen LogP contribution < -0.4 is 5.32 Å². The number of aromatic nitrogens is 1. The van der Waals surface area contributed by atoms with E-state index in [-0.39, 0.29) is 5.82 Å². The number of allylic oxidation sites excluding steroid dienone is 1. The molecule has 1 aromatic heterocycles. The normalized spacial score (nSPS) is 17.9. The Balaban J connectivity index is 1.60. The molecule has 0 unspecified atom stereocenters. The molecule has 120 valence electrons. The van der Waals surface area contributed by atoms with E-state index in [1.165, 1.54) is 17.7 Å².